The maximum atomic E-state index is 4.84. The molecule has 5 nitrogen and oxygen atoms in total. The Morgan fingerprint density at radius 1 is 0.833 bits per heavy atom. The van der Waals surface area contributed by atoms with Crippen LogP contribution < -0.4 is 17.5 Å². The predicted molar refractivity (Wildman–Crippen MR) is 20.4 cm³/mol. The Labute approximate surface area is 40.1 Å². The molecule has 0 aromatic rings. The van der Waals surface area contributed by atoms with E-state index in [0.29, 0.717) is 0 Å². The molecule has 0 aliphatic heterocycles. The summed E-state index contributed by atoms with van der Waals surface area (Å²) in [5.74, 6) is 0. The zero-order valence-corrected chi connectivity index (χ0v) is 4.68. The van der Waals surface area contributed by atoms with Crippen LogP contribution >= 0.6 is 0 Å². The molecule has 0 fully saturated rings. The number of hydrogen-bond acceptors (Lipinski definition) is 4. The van der Waals surface area contributed by atoms with E-state index in [-0.39, 0.29) is 5.48 Å². The Balaban J connectivity index is 0. The Morgan fingerprint density at radius 3 is 0.833 bits per heavy atom. The zero-order valence-electron chi connectivity index (χ0n) is 3.13. The van der Waals surface area contributed by atoms with Crippen LogP contribution in [0.2, 0.25) is 0 Å². The van der Waals surface area contributed by atoms with Crippen molar-refractivity contribution in [2.45, 2.75) is 0 Å². The van der Waals surface area contributed by atoms with E-state index < -0.39 is 16.5 Å². The first-order valence-corrected chi connectivity index (χ1v) is 4.32. The van der Waals surface area contributed by atoms with Crippen LogP contribution in [0.15, 0.2) is 0 Å². The van der Waals surface area contributed by atoms with Gasteiger partial charge in [-0.15, -0.1) is 0 Å². The average molecular weight is 189 g/mol. The van der Waals surface area contributed by atoms with Crippen molar-refractivity contribution < 1.29 is 22.0 Å². The van der Waals surface area contributed by atoms with Crippen molar-refractivity contribution in [3.05, 3.63) is 0 Å². The zero-order chi connectivity index (χ0) is 4.50. The summed E-state index contributed by atoms with van der Waals surface area (Å²) >= 11 is -2.70. The minimum absolute atomic E-state index is 0. The summed E-state index contributed by atoms with van der Waals surface area (Å²) in [7, 11) is 0. The molecule has 0 amide bonds. The van der Waals surface area contributed by atoms with Gasteiger partial charge in [-0.1, -0.05) is 0 Å². The van der Waals surface area contributed by atoms with Crippen molar-refractivity contribution in [1.82, 2.24) is 0 Å². The van der Waals surface area contributed by atoms with Crippen LogP contribution in [0.25, 0.3) is 0 Å². The first kappa shape index (κ1) is 9.68. The molecule has 0 radical (unpaired) electrons. The summed E-state index contributed by atoms with van der Waals surface area (Å²) in [6.45, 7) is 0. The molecule has 46 valence electrons. The molecule has 0 rings (SSSR count). The normalized spacial score (nSPS) is 12.7. The second-order valence-electron chi connectivity index (χ2n) is 0.632. The quantitative estimate of drug-likeness (QED) is 0.298. The molecular formula is H10N4OPd. The molecule has 0 saturated carbocycles. The van der Waals surface area contributed by atoms with Crippen molar-refractivity contribution in [2.24, 2.45) is 17.5 Å². The van der Waals surface area contributed by atoms with Crippen molar-refractivity contribution in [2.75, 3.05) is 0 Å². The monoisotopic (exact) mass is 188 g/mol. The minimum atomic E-state index is -2.70. The van der Waals surface area contributed by atoms with Gasteiger partial charge in [0.2, 0.25) is 0 Å². The molecule has 10 N–H and O–H groups in total. The third kappa shape index (κ3) is 250. The van der Waals surface area contributed by atoms with Crippen molar-refractivity contribution >= 4 is 0 Å². The van der Waals surface area contributed by atoms with Crippen molar-refractivity contribution in [3.8, 4) is 0 Å². The third-order valence-electron chi connectivity index (χ3n) is 0. The van der Waals surface area contributed by atoms with Gasteiger partial charge in [0.15, 0.2) is 0 Å². The fourth-order valence-electron chi connectivity index (χ4n) is 0. The van der Waals surface area contributed by atoms with Gasteiger partial charge < -0.3 is 5.48 Å². The van der Waals surface area contributed by atoms with E-state index in [0.717, 1.165) is 0 Å². The van der Waals surface area contributed by atoms with Crippen LogP contribution in [0, 0.1) is 0 Å². The van der Waals surface area contributed by atoms with Crippen molar-refractivity contribution in [1.29, 1.82) is 0 Å². The molecular weight excluding hydrogens is 178 g/mol. The van der Waals surface area contributed by atoms with Crippen LogP contribution in [0.4, 0.5) is 0 Å². The molecule has 0 heterocycles. The molecule has 0 aromatic carbocycles. The fraction of sp³-hybridized carbons (Fsp3) is 0. The van der Waals surface area contributed by atoms with Crippen LogP contribution in [-0.4, -0.2) is 5.48 Å². The van der Waals surface area contributed by atoms with Crippen LogP contribution in [0.5, 0.6) is 0 Å². The molecule has 0 atom stereocenters. The second kappa shape index (κ2) is 2.60. The SMILES string of the molecule is O.[NH2][Pd]([NH2])([NH2])[NH2]. The Hall–Kier alpha value is 0.462. The molecule has 0 aliphatic rings. The summed E-state index contributed by atoms with van der Waals surface area (Å²) in [5.41, 5.74) is 0. The van der Waals surface area contributed by atoms with Gasteiger partial charge in [0.05, 0.1) is 0 Å². The standard InChI is InChI=1S/4H2N.H2O.Pd/h5*1H2;/q4*-1;;+4. The van der Waals surface area contributed by atoms with Gasteiger partial charge in [0, 0.05) is 0 Å². The fourth-order valence-corrected chi connectivity index (χ4v) is 0. The van der Waals surface area contributed by atoms with E-state index in [4.69, 9.17) is 17.5 Å². The van der Waals surface area contributed by atoms with Gasteiger partial charge in [-0.3, -0.25) is 0 Å². The molecule has 6 heavy (non-hydrogen) atoms. The topological polar surface area (TPSA) is 136 Å². The maximum absolute atomic E-state index is 4.84. The summed E-state index contributed by atoms with van der Waals surface area (Å²) in [6.07, 6.45) is 0. The van der Waals surface area contributed by atoms with Gasteiger partial charge in [0.25, 0.3) is 0 Å². The van der Waals surface area contributed by atoms with Crippen LogP contribution in [0.3, 0.4) is 0 Å². The Bertz CT molecular complexity index is 23.0. The average Bonchev–Trinajstić information content (AvgIpc) is 0.722. The molecule has 0 aliphatic carbocycles. The van der Waals surface area contributed by atoms with E-state index in [1.54, 1.807) is 0 Å². The molecule has 6 heteroatoms. The van der Waals surface area contributed by atoms with E-state index in [9.17, 15) is 0 Å². The number of rotatable bonds is 0. The summed E-state index contributed by atoms with van der Waals surface area (Å²) in [5, 5.41) is 0. The van der Waals surface area contributed by atoms with Gasteiger partial charge in [-0.2, -0.15) is 0 Å². The molecule has 0 spiro atoms. The molecule has 0 bridgehead atoms. The summed E-state index contributed by atoms with van der Waals surface area (Å²) in [4.78, 5) is 0. The van der Waals surface area contributed by atoms with Gasteiger partial charge in [-0.25, -0.2) is 0 Å². The van der Waals surface area contributed by atoms with Gasteiger partial charge in [0.1, 0.15) is 0 Å². The third-order valence-corrected chi connectivity index (χ3v) is 0. The van der Waals surface area contributed by atoms with E-state index in [1.165, 1.54) is 0 Å². The second-order valence-corrected chi connectivity index (χ2v) is 3.74. The first-order chi connectivity index (χ1) is 2.00. The Morgan fingerprint density at radius 2 is 0.833 bits per heavy atom. The van der Waals surface area contributed by atoms with Crippen LogP contribution in [-0.2, 0) is 16.5 Å². The number of nitrogens with two attached hydrogens (primary N) is 4. The number of hydrogen-bond donors (Lipinski definition) is 4. The van der Waals surface area contributed by atoms with Gasteiger partial charge in [-0.05, 0) is 0 Å². The van der Waals surface area contributed by atoms with Gasteiger partial charge >= 0.3 is 34.0 Å². The first-order valence-electron chi connectivity index (χ1n) is 0.730. The predicted octanol–water partition coefficient (Wildman–Crippen LogP) is -3.19. The summed E-state index contributed by atoms with van der Waals surface area (Å²) < 4.78 is 19.4. The van der Waals surface area contributed by atoms with E-state index in [1.807, 2.05) is 0 Å². The summed E-state index contributed by atoms with van der Waals surface area (Å²) in [6, 6.07) is 0. The van der Waals surface area contributed by atoms with E-state index in [2.05, 4.69) is 0 Å². The van der Waals surface area contributed by atoms with E-state index >= 15 is 0 Å². The molecule has 0 unspecified atom stereocenters. The van der Waals surface area contributed by atoms with Crippen LogP contribution in [0.1, 0.15) is 0 Å². The molecule has 0 saturated heterocycles. The Kier molecular flexibility index (Phi) is 4.20. The molecule has 0 aromatic heterocycles. The van der Waals surface area contributed by atoms with Crippen molar-refractivity contribution in [3.63, 3.8) is 0 Å².